The summed E-state index contributed by atoms with van der Waals surface area (Å²) in [4.78, 5) is 2.38. The van der Waals surface area contributed by atoms with Gasteiger partial charge in [0, 0.05) is 19.1 Å². The van der Waals surface area contributed by atoms with Crippen molar-refractivity contribution in [3.05, 3.63) is 0 Å². The van der Waals surface area contributed by atoms with Crippen LogP contribution in [0.4, 0.5) is 0 Å². The highest BCUT2D eigenvalue weighted by atomic mass is 32.1. The van der Waals surface area contributed by atoms with E-state index in [4.69, 9.17) is 12.2 Å². The molecule has 0 aromatic carbocycles. The van der Waals surface area contributed by atoms with Crippen LogP contribution in [-0.2, 0) is 0 Å². The molecule has 1 saturated heterocycles. The molecule has 0 amide bonds. The number of hydrogen-bond donors (Lipinski definition) is 1. The van der Waals surface area contributed by atoms with Crippen molar-refractivity contribution in [2.24, 2.45) is 0 Å². The van der Waals surface area contributed by atoms with Crippen LogP contribution < -0.4 is 5.32 Å². The SMILES string of the molecule is CCCNC(=S)N1CCCCC1CC. The van der Waals surface area contributed by atoms with E-state index in [-0.39, 0.29) is 0 Å². The number of rotatable bonds is 3. The molecule has 2 nitrogen and oxygen atoms in total. The van der Waals surface area contributed by atoms with E-state index in [1.807, 2.05) is 0 Å². The zero-order chi connectivity index (χ0) is 10.4. The third-order valence-corrected chi connectivity index (χ3v) is 3.26. The highest BCUT2D eigenvalue weighted by Gasteiger charge is 2.22. The lowest BCUT2D eigenvalue weighted by Gasteiger charge is -2.37. The van der Waals surface area contributed by atoms with E-state index in [0.29, 0.717) is 6.04 Å². The van der Waals surface area contributed by atoms with E-state index in [2.05, 4.69) is 24.1 Å². The molecule has 0 aromatic rings. The van der Waals surface area contributed by atoms with Crippen molar-refractivity contribution in [2.45, 2.75) is 52.0 Å². The maximum absolute atomic E-state index is 5.40. The number of likely N-dealkylation sites (tertiary alicyclic amines) is 1. The Hall–Kier alpha value is -0.310. The quantitative estimate of drug-likeness (QED) is 0.727. The number of hydrogen-bond acceptors (Lipinski definition) is 1. The summed E-state index contributed by atoms with van der Waals surface area (Å²) >= 11 is 5.40. The number of piperidine rings is 1. The molecule has 0 aromatic heterocycles. The Kier molecular flexibility index (Phi) is 5.23. The Morgan fingerprint density at radius 2 is 2.21 bits per heavy atom. The molecule has 82 valence electrons. The minimum Gasteiger partial charge on any atom is -0.363 e. The van der Waals surface area contributed by atoms with Crippen molar-refractivity contribution in [1.29, 1.82) is 0 Å². The minimum atomic E-state index is 0.681. The zero-order valence-electron chi connectivity index (χ0n) is 9.38. The standard InChI is InChI=1S/C11H22N2S/c1-3-8-12-11(14)13-9-6-5-7-10(13)4-2/h10H,3-9H2,1-2H3,(H,12,14). The molecule has 0 bridgehead atoms. The molecule has 1 aliphatic heterocycles. The predicted molar refractivity (Wildman–Crippen MR) is 65.5 cm³/mol. The summed E-state index contributed by atoms with van der Waals surface area (Å²) in [5.74, 6) is 0. The van der Waals surface area contributed by atoms with Crippen LogP contribution in [0.25, 0.3) is 0 Å². The van der Waals surface area contributed by atoms with Gasteiger partial charge in [-0.05, 0) is 44.3 Å². The minimum absolute atomic E-state index is 0.681. The zero-order valence-corrected chi connectivity index (χ0v) is 10.2. The van der Waals surface area contributed by atoms with Crippen molar-refractivity contribution in [2.75, 3.05) is 13.1 Å². The van der Waals surface area contributed by atoms with Crippen molar-refractivity contribution in [3.8, 4) is 0 Å². The molecular weight excluding hydrogens is 192 g/mol. The second-order valence-corrected chi connectivity index (χ2v) is 4.37. The third-order valence-electron chi connectivity index (χ3n) is 2.89. The highest BCUT2D eigenvalue weighted by Crippen LogP contribution is 2.19. The molecule has 0 spiro atoms. The average Bonchev–Trinajstić information content (AvgIpc) is 2.25. The molecule has 1 aliphatic rings. The molecule has 0 saturated carbocycles. The van der Waals surface area contributed by atoms with Crippen LogP contribution in [-0.4, -0.2) is 29.1 Å². The average molecular weight is 214 g/mol. The lowest BCUT2D eigenvalue weighted by molar-refractivity contribution is 0.233. The third kappa shape index (κ3) is 3.12. The maximum Gasteiger partial charge on any atom is 0.169 e. The van der Waals surface area contributed by atoms with E-state index >= 15 is 0 Å². The van der Waals surface area contributed by atoms with E-state index < -0.39 is 0 Å². The van der Waals surface area contributed by atoms with Gasteiger partial charge < -0.3 is 10.2 Å². The molecule has 1 unspecified atom stereocenters. The van der Waals surface area contributed by atoms with Crippen molar-refractivity contribution in [1.82, 2.24) is 10.2 Å². The van der Waals surface area contributed by atoms with Gasteiger partial charge >= 0.3 is 0 Å². The van der Waals surface area contributed by atoms with Crippen molar-refractivity contribution in [3.63, 3.8) is 0 Å². The first-order chi connectivity index (χ1) is 6.79. The predicted octanol–water partition coefficient (Wildman–Crippen LogP) is 2.54. The van der Waals surface area contributed by atoms with E-state index in [1.54, 1.807) is 0 Å². The van der Waals surface area contributed by atoms with Crippen LogP contribution in [0, 0.1) is 0 Å². The second-order valence-electron chi connectivity index (χ2n) is 3.98. The lowest BCUT2D eigenvalue weighted by Crippen LogP contribution is -2.48. The molecule has 14 heavy (non-hydrogen) atoms. The molecule has 1 N–H and O–H groups in total. The molecule has 1 heterocycles. The smallest absolute Gasteiger partial charge is 0.169 e. The number of nitrogens with one attached hydrogen (secondary N) is 1. The van der Waals surface area contributed by atoms with Gasteiger partial charge in [0.2, 0.25) is 0 Å². The molecule has 3 heteroatoms. The van der Waals surface area contributed by atoms with Gasteiger partial charge in [0.1, 0.15) is 0 Å². The van der Waals surface area contributed by atoms with E-state index in [1.165, 1.54) is 25.7 Å². The summed E-state index contributed by atoms with van der Waals surface area (Å²) in [6.07, 6.45) is 6.33. The van der Waals surface area contributed by atoms with Gasteiger partial charge in [0.15, 0.2) is 5.11 Å². The van der Waals surface area contributed by atoms with Gasteiger partial charge in [0.25, 0.3) is 0 Å². The lowest BCUT2D eigenvalue weighted by atomic mass is 10.0. The summed E-state index contributed by atoms with van der Waals surface area (Å²) in [7, 11) is 0. The van der Waals surface area contributed by atoms with Crippen molar-refractivity contribution < 1.29 is 0 Å². The Labute approximate surface area is 93.1 Å². The molecule has 1 atom stereocenters. The van der Waals surface area contributed by atoms with Crippen LogP contribution >= 0.6 is 12.2 Å². The van der Waals surface area contributed by atoms with Gasteiger partial charge in [-0.2, -0.15) is 0 Å². The Morgan fingerprint density at radius 1 is 1.43 bits per heavy atom. The van der Waals surface area contributed by atoms with Gasteiger partial charge in [0.05, 0.1) is 0 Å². The fourth-order valence-corrected chi connectivity index (χ4v) is 2.37. The second kappa shape index (κ2) is 6.23. The van der Waals surface area contributed by atoms with Crippen LogP contribution in [0.15, 0.2) is 0 Å². The first kappa shape index (κ1) is 11.8. The fraction of sp³-hybridized carbons (Fsp3) is 0.909. The highest BCUT2D eigenvalue weighted by molar-refractivity contribution is 7.80. The summed E-state index contributed by atoms with van der Waals surface area (Å²) in [5, 5.41) is 4.29. The normalized spacial score (nSPS) is 22.1. The van der Waals surface area contributed by atoms with Crippen LogP contribution in [0.3, 0.4) is 0 Å². The summed E-state index contributed by atoms with van der Waals surface area (Å²) in [5.41, 5.74) is 0. The monoisotopic (exact) mass is 214 g/mol. The van der Waals surface area contributed by atoms with E-state index in [9.17, 15) is 0 Å². The molecule has 1 rings (SSSR count). The molecular formula is C11H22N2S. The molecule has 1 fully saturated rings. The van der Waals surface area contributed by atoms with Gasteiger partial charge in [-0.3, -0.25) is 0 Å². The summed E-state index contributed by atoms with van der Waals surface area (Å²) in [6, 6.07) is 0.681. The first-order valence-electron chi connectivity index (χ1n) is 5.84. The fourth-order valence-electron chi connectivity index (χ4n) is 2.03. The van der Waals surface area contributed by atoms with Gasteiger partial charge in [-0.15, -0.1) is 0 Å². The number of thiocarbonyl (C=S) groups is 1. The largest absolute Gasteiger partial charge is 0.363 e. The maximum atomic E-state index is 5.40. The van der Waals surface area contributed by atoms with Gasteiger partial charge in [-0.1, -0.05) is 13.8 Å². The Bertz CT molecular complexity index is 182. The Morgan fingerprint density at radius 3 is 2.86 bits per heavy atom. The van der Waals surface area contributed by atoms with Crippen molar-refractivity contribution >= 4 is 17.3 Å². The first-order valence-corrected chi connectivity index (χ1v) is 6.24. The van der Waals surface area contributed by atoms with E-state index in [0.717, 1.165) is 24.6 Å². The van der Waals surface area contributed by atoms with Crippen LogP contribution in [0.1, 0.15) is 46.0 Å². The topological polar surface area (TPSA) is 15.3 Å². The number of nitrogens with zero attached hydrogens (tertiary/aromatic N) is 1. The summed E-state index contributed by atoms with van der Waals surface area (Å²) in [6.45, 7) is 6.58. The Balaban J connectivity index is 2.41. The molecule has 0 aliphatic carbocycles. The molecule has 0 radical (unpaired) electrons. The summed E-state index contributed by atoms with van der Waals surface area (Å²) < 4.78 is 0. The van der Waals surface area contributed by atoms with Crippen LogP contribution in [0.2, 0.25) is 0 Å². The van der Waals surface area contributed by atoms with Gasteiger partial charge in [-0.25, -0.2) is 0 Å². The van der Waals surface area contributed by atoms with Crippen LogP contribution in [0.5, 0.6) is 0 Å².